The van der Waals surface area contributed by atoms with Gasteiger partial charge in [-0.1, -0.05) is 18.2 Å². The van der Waals surface area contributed by atoms with Crippen LogP contribution in [0.2, 0.25) is 0 Å². The van der Waals surface area contributed by atoms with E-state index in [0.29, 0.717) is 11.7 Å². The molecule has 1 atom stereocenters. The van der Waals surface area contributed by atoms with Gasteiger partial charge >= 0.3 is 0 Å². The van der Waals surface area contributed by atoms with Gasteiger partial charge in [0.2, 0.25) is 17.7 Å². The summed E-state index contributed by atoms with van der Waals surface area (Å²) >= 11 is 1.33. The van der Waals surface area contributed by atoms with Crippen molar-refractivity contribution in [1.82, 2.24) is 10.3 Å². The van der Waals surface area contributed by atoms with Crippen molar-refractivity contribution in [3.8, 4) is 0 Å². The molecule has 1 aromatic carbocycles. The molecule has 1 saturated heterocycles. The Morgan fingerprint density at radius 1 is 1.32 bits per heavy atom. The van der Waals surface area contributed by atoms with Gasteiger partial charge < -0.3 is 15.5 Å². The maximum atomic E-state index is 12.2. The van der Waals surface area contributed by atoms with Gasteiger partial charge in [0.25, 0.3) is 0 Å². The van der Waals surface area contributed by atoms with Crippen molar-refractivity contribution in [1.29, 1.82) is 0 Å². The lowest BCUT2D eigenvalue weighted by Gasteiger charge is -2.16. The first kappa shape index (κ1) is 17.1. The van der Waals surface area contributed by atoms with Gasteiger partial charge in [-0.05, 0) is 19.1 Å². The summed E-state index contributed by atoms with van der Waals surface area (Å²) in [4.78, 5) is 42.0. The molecule has 130 valence electrons. The van der Waals surface area contributed by atoms with E-state index in [4.69, 9.17) is 0 Å². The normalized spacial score (nSPS) is 16.8. The molecule has 0 bridgehead atoms. The molecule has 1 aliphatic heterocycles. The van der Waals surface area contributed by atoms with Crippen LogP contribution in [0.3, 0.4) is 0 Å². The Bertz CT molecular complexity index is 790. The molecule has 0 saturated carbocycles. The van der Waals surface area contributed by atoms with Gasteiger partial charge in [-0.2, -0.15) is 0 Å². The van der Waals surface area contributed by atoms with Crippen LogP contribution in [-0.4, -0.2) is 35.8 Å². The molecule has 7 nitrogen and oxygen atoms in total. The molecule has 0 aliphatic carbocycles. The number of anilines is 2. The van der Waals surface area contributed by atoms with Crippen molar-refractivity contribution in [2.24, 2.45) is 5.92 Å². The lowest BCUT2D eigenvalue weighted by Crippen LogP contribution is -2.37. The van der Waals surface area contributed by atoms with Crippen molar-refractivity contribution in [2.75, 3.05) is 23.3 Å². The second-order valence-electron chi connectivity index (χ2n) is 5.80. The number of thiazole rings is 1. The van der Waals surface area contributed by atoms with Crippen molar-refractivity contribution in [3.05, 3.63) is 41.4 Å². The summed E-state index contributed by atoms with van der Waals surface area (Å²) in [5, 5.41) is 7.55. The van der Waals surface area contributed by atoms with Gasteiger partial charge in [0.05, 0.1) is 18.2 Å². The molecule has 25 heavy (non-hydrogen) atoms. The molecule has 2 heterocycles. The van der Waals surface area contributed by atoms with Crippen LogP contribution < -0.4 is 15.5 Å². The molecule has 1 aliphatic rings. The molecule has 0 spiro atoms. The topological polar surface area (TPSA) is 91.4 Å². The minimum atomic E-state index is -0.456. The van der Waals surface area contributed by atoms with Gasteiger partial charge in [0.1, 0.15) is 0 Å². The third-order valence-corrected chi connectivity index (χ3v) is 4.73. The number of aromatic nitrogens is 1. The summed E-state index contributed by atoms with van der Waals surface area (Å²) < 4.78 is 0. The molecule has 0 radical (unpaired) electrons. The number of hydrogen-bond donors (Lipinski definition) is 2. The average molecular weight is 358 g/mol. The van der Waals surface area contributed by atoms with Gasteiger partial charge in [0, 0.05) is 24.0 Å². The van der Waals surface area contributed by atoms with Crippen LogP contribution in [0.4, 0.5) is 10.8 Å². The zero-order valence-electron chi connectivity index (χ0n) is 13.7. The van der Waals surface area contributed by atoms with Gasteiger partial charge in [0.15, 0.2) is 5.13 Å². The zero-order chi connectivity index (χ0) is 17.8. The van der Waals surface area contributed by atoms with E-state index in [1.807, 2.05) is 42.6 Å². The van der Waals surface area contributed by atoms with E-state index in [1.165, 1.54) is 11.3 Å². The Hall–Kier alpha value is -2.74. The molecule has 1 aromatic heterocycles. The number of aryl methyl sites for hydroxylation is 1. The molecular formula is C17H18N4O3S. The van der Waals surface area contributed by atoms with Crippen molar-refractivity contribution >= 4 is 39.9 Å². The number of carbonyl (C=O) groups excluding carboxylic acids is 3. The highest BCUT2D eigenvalue weighted by Crippen LogP contribution is 2.24. The summed E-state index contributed by atoms with van der Waals surface area (Å²) in [5.74, 6) is -1.18. The number of hydrogen-bond acceptors (Lipinski definition) is 5. The summed E-state index contributed by atoms with van der Waals surface area (Å²) in [6, 6.07) is 9.24. The van der Waals surface area contributed by atoms with Gasteiger partial charge in [-0.3, -0.25) is 14.4 Å². The van der Waals surface area contributed by atoms with Crippen molar-refractivity contribution in [2.45, 2.75) is 13.3 Å². The second kappa shape index (κ2) is 7.43. The van der Waals surface area contributed by atoms with Gasteiger partial charge in [-0.15, -0.1) is 11.3 Å². The third-order valence-electron chi connectivity index (χ3n) is 3.85. The first-order valence-corrected chi connectivity index (χ1v) is 8.76. The Balaban J connectivity index is 1.50. The lowest BCUT2D eigenvalue weighted by atomic mass is 10.1. The van der Waals surface area contributed by atoms with E-state index < -0.39 is 5.92 Å². The van der Waals surface area contributed by atoms with Crippen LogP contribution in [0.5, 0.6) is 0 Å². The van der Waals surface area contributed by atoms with Crippen LogP contribution in [0.15, 0.2) is 35.7 Å². The minimum Gasteiger partial charge on any atom is -0.347 e. The maximum Gasteiger partial charge on any atom is 0.245 e. The first-order chi connectivity index (χ1) is 12.0. The number of nitrogens with zero attached hydrogens (tertiary/aromatic N) is 2. The third kappa shape index (κ3) is 4.21. The Morgan fingerprint density at radius 2 is 2.08 bits per heavy atom. The highest BCUT2D eigenvalue weighted by molar-refractivity contribution is 7.13. The average Bonchev–Trinajstić information content (AvgIpc) is 3.19. The number of para-hydroxylation sites is 1. The summed E-state index contributed by atoms with van der Waals surface area (Å²) in [5.41, 5.74) is 1.61. The van der Waals surface area contributed by atoms with E-state index in [2.05, 4.69) is 15.6 Å². The van der Waals surface area contributed by atoms with E-state index in [0.717, 1.165) is 11.4 Å². The predicted molar refractivity (Wildman–Crippen MR) is 95.4 cm³/mol. The highest BCUT2D eigenvalue weighted by Gasteiger charge is 2.35. The standard InChI is InChI=1S/C17H18N4O3S/c1-11-10-25-17(19-11)20-14(22)8-18-16(24)12-7-15(23)21(9-12)13-5-3-2-4-6-13/h2-6,10,12H,7-9H2,1H3,(H,18,24)(H,19,20,22). The van der Waals surface area contributed by atoms with Crippen molar-refractivity contribution < 1.29 is 14.4 Å². The molecule has 3 amide bonds. The fourth-order valence-corrected chi connectivity index (χ4v) is 3.33. The molecule has 1 fully saturated rings. The molecule has 1 unspecified atom stereocenters. The monoisotopic (exact) mass is 358 g/mol. The van der Waals surface area contributed by atoms with E-state index >= 15 is 0 Å². The minimum absolute atomic E-state index is 0.0888. The molecule has 3 rings (SSSR count). The predicted octanol–water partition coefficient (Wildman–Crippen LogP) is 1.56. The smallest absolute Gasteiger partial charge is 0.245 e. The van der Waals surface area contributed by atoms with Crippen molar-refractivity contribution in [3.63, 3.8) is 0 Å². The fraction of sp³-hybridized carbons (Fsp3) is 0.294. The van der Waals surface area contributed by atoms with E-state index in [9.17, 15) is 14.4 Å². The number of rotatable bonds is 5. The maximum absolute atomic E-state index is 12.2. The number of nitrogens with one attached hydrogen (secondary N) is 2. The Morgan fingerprint density at radius 3 is 2.76 bits per heavy atom. The van der Waals surface area contributed by atoms with E-state index in [-0.39, 0.29) is 30.7 Å². The van der Waals surface area contributed by atoms with Crippen LogP contribution in [0, 0.1) is 12.8 Å². The summed E-state index contributed by atoms with van der Waals surface area (Å²) in [6.45, 7) is 2.01. The SMILES string of the molecule is Cc1csc(NC(=O)CNC(=O)C2CC(=O)N(c3ccccc3)C2)n1. The Kier molecular flexibility index (Phi) is 5.08. The number of amides is 3. The lowest BCUT2D eigenvalue weighted by molar-refractivity contribution is -0.127. The molecule has 2 N–H and O–H groups in total. The summed E-state index contributed by atoms with van der Waals surface area (Å²) in [6.07, 6.45) is 0.147. The van der Waals surface area contributed by atoms with Crippen LogP contribution in [0.1, 0.15) is 12.1 Å². The zero-order valence-corrected chi connectivity index (χ0v) is 14.5. The van der Waals surface area contributed by atoms with Crippen LogP contribution in [0.25, 0.3) is 0 Å². The number of carbonyl (C=O) groups is 3. The van der Waals surface area contributed by atoms with E-state index in [1.54, 1.807) is 4.90 Å². The Labute approximate surface area is 149 Å². The number of benzene rings is 1. The highest BCUT2D eigenvalue weighted by atomic mass is 32.1. The molecular weight excluding hydrogens is 340 g/mol. The first-order valence-electron chi connectivity index (χ1n) is 7.88. The van der Waals surface area contributed by atoms with Crippen LogP contribution >= 0.6 is 11.3 Å². The molecule has 8 heteroatoms. The fourth-order valence-electron chi connectivity index (χ4n) is 2.63. The second-order valence-corrected chi connectivity index (χ2v) is 6.66. The largest absolute Gasteiger partial charge is 0.347 e. The quantitative estimate of drug-likeness (QED) is 0.848. The summed E-state index contributed by atoms with van der Waals surface area (Å²) in [7, 11) is 0. The molecule has 2 aromatic rings. The van der Waals surface area contributed by atoms with Crippen LogP contribution in [-0.2, 0) is 14.4 Å². The van der Waals surface area contributed by atoms with Gasteiger partial charge in [-0.25, -0.2) is 4.98 Å².